The summed E-state index contributed by atoms with van der Waals surface area (Å²) >= 11 is 1.74. The third-order valence-electron chi connectivity index (χ3n) is 8.39. The number of phenols is 1. The number of aromatic hydroxyl groups is 1. The van der Waals surface area contributed by atoms with Gasteiger partial charge in [-0.05, 0) is 80.0 Å². The van der Waals surface area contributed by atoms with Crippen LogP contribution >= 0.6 is 11.3 Å². The third kappa shape index (κ3) is 5.13. The Morgan fingerprint density at radius 3 is 2.48 bits per heavy atom. The fraction of sp³-hybridized carbons (Fsp3) is 0.333. The zero-order chi connectivity index (χ0) is 29.5. The van der Waals surface area contributed by atoms with E-state index in [0.717, 1.165) is 47.3 Å². The number of piperidine rings is 1. The molecule has 0 aliphatic carbocycles. The van der Waals surface area contributed by atoms with Gasteiger partial charge in [-0.25, -0.2) is 0 Å². The minimum absolute atomic E-state index is 0.0964. The third-order valence-corrected chi connectivity index (χ3v) is 9.74. The molecular weight excluding hydrogens is 548 g/mol. The molecule has 2 N–H and O–H groups in total. The highest BCUT2D eigenvalue weighted by Gasteiger charge is 2.29. The van der Waals surface area contributed by atoms with E-state index in [2.05, 4.69) is 52.3 Å². The molecule has 42 heavy (non-hydrogen) atoms. The molecule has 0 saturated carbocycles. The van der Waals surface area contributed by atoms with Crippen LogP contribution < -0.4 is 4.90 Å². The Morgan fingerprint density at radius 2 is 1.79 bits per heavy atom. The lowest BCUT2D eigenvalue weighted by atomic mass is 9.91. The number of aliphatic carboxylic acids is 1. The molecule has 2 aromatic carbocycles. The van der Waals surface area contributed by atoms with Crippen LogP contribution in [0.5, 0.6) is 5.75 Å². The number of benzene rings is 2. The Kier molecular flexibility index (Phi) is 7.45. The lowest BCUT2D eigenvalue weighted by molar-refractivity contribution is -0.140. The number of carbonyl (C=O) groups is 1. The molecule has 9 heteroatoms. The van der Waals surface area contributed by atoms with Gasteiger partial charge in [0, 0.05) is 46.2 Å². The zero-order valence-electron chi connectivity index (χ0n) is 24.2. The fourth-order valence-electron chi connectivity index (χ4n) is 6.11. The van der Waals surface area contributed by atoms with Gasteiger partial charge in [-0.3, -0.25) is 4.79 Å². The number of hydrogen-bond acceptors (Lipinski definition) is 8. The molecule has 5 aromatic rings. The Morgan fingerprint density at radius 1 is 1.02 bits per heavy atom. The smallest absolute Gasteiger partial charge is 0.314 e. The van der Waals surface area contributed by atoms with Gasteiger partial charge in [-0.2, -0.15) is 0 Å². The van der Waals surface area contributed by atoms with E-state index in [1.54, 1.807) is 29.5 Å². The standard InChI is InChI=1S/C33H34N4O4S/c1-18(2)30(33(39)40)29-17-25(36-41-29)22-9-10-27(19(3)15-22)37-13-11-21(12-14-37)31-20(4)24-16-26(34-35-32(24)42-31)23-7-5-6-8-28(23)38/h5-10,15-18,21,30,38H,11-14H2,1-4H3,(H,39,40). The summed E-state index contributed by atoms with van der Waals surface area (Å²) in [6.45, 7) is 9.93. The second kappa shape index (κ2) is 11.2. The van der Waals surface area contributed by atoms with Gasteiger partial charge in [-0.1, -0.05) is 37.2 Å². The first kappa shape index (κ1) is 27.9. The van der Waals surface area contributed by atoms with Crippen molar-refractivity contribution in [1.82, 2.24) is 15.4 Å². The lowest BCUT2D eigenvalue weighted by Crippen LogP contribution is -2.33. The number of fused-ring (bicyclic) bond motifs is 1. The lowest BCUT2D eigenvalue weighted by Gasteiger charge is -2.34. The molecule has 216 valence electrons. The van der Waals surface area contributed by atoms with E-state index >= 15 is 0 Å². The highest BCUT2D eigenvalue weighted by atomic mass is 32.1. The number of thiophene rings is 1. The van der Waals surface area contributed by atoms with E-state index in [4.69, 9.17) is 4.52 Å². The predicted molar refractivity (Wildman–Crippen MR) is 165 cm³/mol. The van der Waals surface area contributed by atoms with Crippen LogP contribution in [0.25, 0.3) is 32.7 Å². The van der Waals surface area contributed by atoms with Gasteiger partial charge in [0.1, 0.15) is 22.2 Å². The fourth-order valence-corrected chi connectivity index (χ4v) is 7.39. The number of rotatable bonds is 7. The number of anilines is 1. The minimum atomic E-state index is -0.904. The van der Waals surface area contributed by atoms with Gasteiger partial charge >= 0.3 is 5.97 Å². The van der Waals surface area contributed by atoms with Crippen LogP contribution in [-0.4, -0.2) is 44.6 Å². The molecule has 1 unspecified atom stereocenters. The summed E-state index contributed by atoms with van der Waals surface area (Å²) in [5, 5.41) is 34.1. The molecule has 3 aromatic heterocycles. The van der Waals surface area contributed by atoms with Crippen molar-refractivity contribution in [3.8, 4) is 28.3 Å². The number of aryl methyl sites for hydroxylation is 2. The molecule has 0 bridgehead atoms. The van der Waals surface area contributed by atoms with Crippen LogP contribution in [-0.2, 0) is 4.79 Å². The average Bonchev–Trinajstić information content (AvgIpc) is 3.58. The topological polar surface area (TPSA) is 113 Å². The van der Waals surface area contributed by atoms with Crippen LogP contribution in [0.4, 0.5) is 5.69 Å². The van der Waals surface area contributed by atoms with Gasteiger partial charge in [0.15, 0.2) is 5.76 Å². The van der Waals surface area contributed by atoms with E-state index < -0.39 is 11.9 Å². The van der Waals surface area contributed by atoms with Crippen LogP contribution in [0, 0.1) is 19.8 Å². The molecule has 0 radical (unpaired) electrons. The zero-order valence-corrected chi connectivity index (χ0v) is 25.0. The number of phenolic OH excluding ortho intramolecular Hbond substituents is 1. The van der Waals surface area contributed by atoms with E-state index in [1.807, 2.05) is 32.0 Å². The minimum Gasteiger partial charge on any atom is -0.507 e. The van der Waals surface area contributed by atoms with Crippen molar-refractivity contribution in [1.29, 1.82) is 0 Å². The van der Waals surface area contributed by atoms with Crippen molar-refractivity contribution < 1.29 is 19.5 Å². The summed E-state index contributed by atoms with van der Waals surface area (Å²) in [5.41, 5.74) is 6.56. The summed E-state index contributed by atoms with van der Waals surface area (Å²) < 4.78 is 5.45. The highest BCUT2D eigenvalue weighted by Crippen LogP contribution is 2.41. The number of carboxylic acids is 1. The van der Waals surface area contributed by atoms with Crippen molar-refractivity contribution in [3.05, 3.63) is 76.4 Å². The maximum atomic E-state index is 11.7. The van der Waals surface area contributed by atoms with Crippen molar-refractivity contribution in [2.45, 2.75) is 52.4 Å². The molecular formula is C33H34N4O4S. The molecule has 1 saturated heterocycles. The summed E-state index contributed by atoms with van der Waals surface area (Å²) in [6.07, 6.45) is 2.10. The molecule has 1 atom stereocenters. The maximum Gasteiger partial charge on any atom is 0.314 e. The quantitative estimate of drug-likeness (QED) is 0.202. The molecule has 1 aliphatic rings. The van der Waals surface area contributed by atoms with Crippen molar-refractivity contribution in [2.75, 3.05) is 18.0 Å². The molecule has 6 rings (SSSR count). The monoisotopic (exact) mass is 582 g/mol. The summed E-state index contributed by atoms with van der Waals surface area (Å²) in [4.78, 5) is 16.5. The number of hydrogen-bond donors (Lipinski definition) is 2. The Balaban J connectivity index is 1.17. The molecule has 8 nitrogen and oxygen atoms in total. The highest BCUT2D eigenvalue weighted by molar-refractivity contribution is 7.18. The van der Waals surface area contributed by atoms with Gasteiger partial charge in [-0.15, -0.1) is 21.5 Å². The maximum absolute atomic E-state index is 11.7. The first-order valence-electron chi connectivity index (χ1n) is 14.3. The number of carboxylic acid groups (broad SMARTS) is 1. The normalized spacial score (nSPS) is 15.0. The Hall–Kier alpha value is -4.24. The summed E-state index contributed by atoms with van der Waals surface area (Å²) in [5.74, 6) is -0.666. The molecule has 1 fully saturated rings. The Labute approximate surface area is 248 Å². The summed E-state index contributed by atoms with van der Waals surface area (Å²) in [7, 11) is 0. The molecule has 4 heterocycles. The van der Waals surface area contributed by atoms with E-state index in [1.165, 1.54) is 16.1 Å². The predicted octanol–water partition coefficient (Wildman–Crippen LogP) is 7.54. The van der Waals surface area contributed by atoms with E-state index in [9.17, 15) is 15.0 Å². The van der Waals surface area contributed by atoms with Gasteiger partial charge in [0.05, 0.1) is 5.69 Å². The van der Waals surface area contributed by atoms with Crippen molar-refractivity contribution in [3.63, 3.8) is 0 Å². The van der Waals surface area contributed by atoms with Gasteiger partial charge in [0.25, 0.3) is 0 Å². The largest absolute Gasteiger partial charge is 0.507 e. The first-order chi connectivity index (χ1) is 20.2. The second-order valence-corrected chi connectivity index (χ2v) is 12.5. The molecule has 0 spiro atoms. The molecule has 0 amide bonds. The SMILES string of the molecule is Cc1cc(-c2cc(C(C(=O)O)C(C)C)on2)ccc1N1CCC(c2sc3nnc(-c4ccccc4O)cc3c2C)CC1. The van der Waals surface area contributed by atoms with Crippen molar-refractivity contribution >= 4 is 33.2 Å². The first-order valence-corrected chi connectivity index (χ1v) is 15.1. The Bertz CT molecular complexity index is 1770. The number of para-hydroxylation sites is 1. The van der Waals surface area contributed by atoms with Crippen LogP contribution in [0.3, 0.4) is 0 Å². The second-order valence-electron chi connectivity index (χ2n) is 11.5. The van der Waals surface area contributed by atoms with Crippen LogP contribution in [0.1, 0.15) is 60.3 Å². The number of nitrogens with zero attached hydrogens (tertiary/aromatic N) is 4. The van der Waals surface area contributed by atoms with E-state index in [0.29, 0.717) is 28.6 Å². The summed E-state index contributed by atoms with van der Waals surface area (Å²) in [6, 6.07) is 17.3. The molecule has 1 aliphatic heterocycles. The van der Waals surface area contributed by atoms with Crippen LogP contribution in [0.2, 0.25) is 0 Å². The van der Waals surface area contributed by atoms with Gasteiger partial charge < -0.3 is 19.6 Å². The van der Waals surface area contributed by atoms with Gasteiger partial charge in [0.2, 0.25) is 0 Å². The van der Waals surface area contributed by atoms with Crippen LogP contribution in [0.15, 0.2) is 59.1 Å². The average molecular weight is 583 g/mol. The van der Waals surface area contributed by atoms with Crippen molar-refractivity contribution in [2.24, 2.45) is 5.92 Å². The number of aromatic nitrogens is 3. The van der Waals surface area contributed by atoms with E-state index in [-0.39, 0.29) is 11.7 Å².